The van der Waals surface area contributed by atoms with Gasteiger partial charge in [0.15, 0.2) is 16.7 Å². The van der Waals surface area contributed by atoms with E-state index in [0.29, 0.717) is 33.8 Å². The third-order valence-corrected chi connectivity index (χ3v) is 10.1. The third kappa shape index (κ3) is 9.78. The Morgan fingerprint density at radius 3 is 2.25 bits per heavy atom. The molecule has 0 radical (unpaired) electrons. The molecule has 0 saturated carbocycles. The molecule has 4 aromatic carbocycles. The zero-order valence-electron chi connectivity index (χ0n) is 28.4. The molecule has 4 aromatic rings. The van der Waals surface area contributed by atoms with Crippen LogP contribution >= 0.6 is 50.3 Å². The van der Waals surface area contributed by atoms with Gasteiger partial charge in [0, 0.05) is 13.7 Å². The smallest absolute Gasteiger partial charge is 0.285 e. The molecule has 0 fully saturated rings. The number of amides is 3. The first-order chi connectivity index (χ1) is 25.2. The second-order valence-corrected chi connectivity index (χ2v) is 14.3. The van der Waals surface area contributed by atoms with Gasteiger partial charge in [-0.15, -0.1) is 0 Å². The molecule has 5 rings (SSSR count). The molecule has 0 aromatic heterocycles. The largest absolute Gasteiger partial charge is 0.493 e. The van der Waals surface area contributed by atoms with Crippen molar-refractivity contribution in [2.45, 2.75) is 19.6 Å². The fraction of sp³-hybridized carbons (Fsp3) is 0.122. The molecule has 3 amide bonds. The van der Waals surface area contributed by atoms with Gasteiger partial charge >= 0.3 is 0 Å². The van der Waals surface area contributed by atoms with Gasteiger partial charge in [-0.2, -0.15) is 4.99 Å². The Morgan fingerprint density at radius 2 is 1.65 bits per heavy atom. The van der Waals surface area contributed by atoms with Crippen molar-refractivity contribution in [3.8, 4) is 11.5 Å². The van der Waals surface area contributed by atoms with Crippen molar-refractivity contribution >= 4 is 79.2 Å². The van der Waals surface area contributed by atoms with Crippen molar-refractivity contribution < 1.29 is 23.9 Å². The minimum atomic E-state index is -0.733. The van der Waals surface area contributed by atoms with E-state index in [2.05, 4.69) is 55.4 Å². The molecule has 264 valence electrons. The molecule has 11 heteroatoms. The van der Waals surface area contributed by atoms with Gasteiger partial charge in [0.1, 0.15) is 12.2 Å². The summed E-state index contributed by atoms with van der Waals surface area (Å²) in [6.07, 6.45) is 8.14. The topological polar surface area (TPSA) is 97.3 Å². The molecule has 1 aliphatic heterocycles. The number of nitrogens with zero attached hydrogens (tertiary/aromatic N) is 2. The Balaban J connectivity index is 1.41. The highest BCUT2D eigenvalue weighted by molar-refractivity contribution is 14.1. The predicted octanol–water partition coefficient (Wildman–Crippen LogP) is 9.03. The van der Waals surface area contributed by atoms with E-state index in [1.807, 2.05) is 84.9 Å². The summed E-state index contributed by atoms with van der Waals surface area (Å²) in [4.78, 5) is 46.8. The van der Waals surface area contributed by atoms with Gasteiger partial charge in [0.25, 0.3) is 11.8 Å². The Bertz CT molecular complexity index is 2030. The number of rotatable bonds is 13. The van der Waals surface area contributed by atoms with Crippen molar-refractivity contribution in [2.24, 2.45) is 4.99 Å². The number of hydrogen-bond donors (Lipinski definition) is 1. The first-order valence-electron chi connectivity index (χ1n) is 16.1. The van der Waals surface area contributed by atoms with Gasteiger partial charge < -0.3 is 14.8 Å². The minimum absolute atomic E-state index is 0.0797. The van der Waals surface area contributed by atoms with Gasteiger partial charge in [-0.1, -0.05) is 125 Å². The lowest BCUT2D eigenvalue weighted by Gasteiger charge is -2.28. The van der Waals surface area contributed by atoms with E-state index >= 15 is 0 Å². The van der Waals surface area contributed by atoms with Crippen molar-refractivity contribution in [3.63, 3.8) is 0 Å². The number of aliphatic imine (C=N–C) groups is 1. The molecule has 1 N–H and O–H groups in total. The number of carbonyl (C=O) groups excluding carboxylic acids is 3. The molecule has 0 bridgehead atoms. The number of thioether (sulfide) groups is 1. The Morgan fingerprint density at radius 1 is 1.00 bits per heavy atom. The van der Waals surface area contributed by atoms with Crippen molar-refractivity contribution in [1.29, 1.82) is 0 Å². The Hall–Kier alpha value is -4.72. The fourth-order valence-electron chi connectivity index (χ4n) is 5.22. The zero-order valence-corrected chi connectivity index (χ0v) is 33.0. The van der Waals surface area contributed by atoms with Crippen LogP contribution in [0.5, 0.6) is 11.5 Å². The van der Waals surface area contributed by atoms with Gasteiger partial charge in [-0.3, -0.25) is 19.3 Å². The molecule has 1 aliphatic rings. The highest BCUT2D eigenvalue weighted by Gasteiger charge is 2.35. The molecule has 0 unspecified atom stereocenters. The number of benzene rings is 4. The minimum Gasteiger partial charge on any atom is -0.493 e. The number of carbonyl (C=O) groups is 3. The van der Waals surface area contributed by atoms with E-state index in [4.69, 9.17) is 9.47 Å². The lowest BCUT2D eigenvalue weighted by Crippen LogP contribution is -2.42. The second-order valence-electron chi connectivity index (χ2n) is 11.3. The number of methoxy groups -OCH3 is 1. The Labute approximate surface area is 329 Å². The van der Waals surface area contributed by atoms with Gasteiger partial charge in [0.2, 0.25) is 5.91 Å². The van der Waals surface area contributed by atoms with Crippen LogP contribution in [0.15, 0.2) is 149 Å². The van der Waals surface area contributed by atoms with Crippen LogP contribution in [0.4, 0.5) is 0 Å². The molecular weight excluding hydrogens is 853 g/mol. The molecule has 0 aliphatic carbocycles. The molecule has 0 atom stereocenters. The molecule has 52 heavy (non-hydrogen) atoms. The summed E-state index contributed by atoms with van der Waals surface area (Å²) in [6, 6.07) is 30.3. The van der Waals surface area contributed by atoms with E-state index < -0.39 is 17.9 Å². The van der Waals surface area contributed by atoms with Crippen LogP contribution < -0.4 is 14.8 Å². The van der Waals surface area contributed by atoms with E-state index in [1.165, 1.54) is 18.1 Å². The van der Waals surface area contributed by atoms with Crippen LogP contribution in [0.1, 0.15) is 35.2 Å². The van der Waals surface area contributed by atoms with Crippen molar-refractivity contribution in [3.05, 3.63) is 170 Å². The van der Waals surface area contributed by atoms with E-state index in [9.17, 15) is 14.4 Å². The van der Waals surface area contributed by atoms with Crippen LogP contribution in [-0.4, -0.2) is 40.7 Å². The predicted molar refractivity (Wildman–Crippen MR) is 220 cm³/mol. The van der Waals surface area contributed by atoms with E-state index in [-0.39, 0.29) is 22.4 Å². The van der Waals surface area contributed by atoms with Crippen molar-refractivity contribution in [2.75, 3.05) is 12.9 Å². The summed E-state index contributed by atoms with van der Waals surface area (Å²) in [6.45, 7) is 5.83. The molecule has 1 heterocycles. The van der Waals surface area contributed by atoms with E-state index in [1.54, 1.807) is 43.4 Å². The van der Waals surface area contributed by atoms with Gasteiger partial charge in [0.05, 0.1) is 18.9 Å². The summed E-state index contributed by atoms with van der Waals surface area (Å²) in [5.41, 5.74) is 3.63. The summed E-state index contributed by atoms with van der Waals surface area (Å²) in [7, 11) is 1.52. The quantitative estimate of drug-likeness (QED) is 0.0624. The van der Waals surface area contributed by atoms with Crippen LogP contribution in [0.2, 0.25) is 0 Å². The lowest BCUT2D eigenvalue weighted by atomic mass is 9.99. The average Bonchev–Trinajstić information content (AvgIpc) is 3.16. The number of hydrogen-bond acceptors (Lipinski definition) is 6. The number of halogens is 2. The SMILES string of the molecule is C=C/C=C\C(=C/C)N1C(=O)/C(=C/c2cc(OC)c(OCc3ccc(I)cc3)cc2Br)C(=O)N=C1SCC(=O)NC(c1ccccc1)c1ccccc1. The zero-order chi connectivity index (χ0) is 37.0. The van der Waals surface area contributed by atoms with Gasteiger partial charge in [-0.05, 0) is 88.2 Å². The summed E-state index contributed by atoms with van der Waals surface area (Å²) >= 11 is 6.83. The number of ether oxygens (including phenoxy) is 2. The highest BCUT2D eigenvalue weighted by Crippen LogP contribution is 2.36. The van der Waals surface area contributed by atoms with E-state index in [0.717, 1.165) is 32.0 Å². The first-order valence-corrected chi connectivity index (χ1v) is 19.0. The number of allylic oxidation sites excluding steroid dienone is 4. The summed E-state index contributed by atoms with van der Waals surface area (Å²) in [5, 5.41) is 3.18. The second kappa shape index (κ2) is 18.7. The normalized spacial score (nSPS) is 14.2. The monoisotopic (exact) mass is 887 g/mol. The fourth-order valence-corrected chi connectivity index (χ4v) is 6.83. The van der Waals surface area contributed by atoms with Crippen molar-refractivity contribution in [1.82, 2.24) is 10.2 Å². The number of amidine groups is 1. The number of nitrogens with one attached hydrogen (secondary N) is 1. The molecule has 8 nitrogen and oxygen atoms in total. The maximum absolute atomic E-state index is 14.2. The van der Waals surface area contributed by atoms with Crippen LogP contribution in [-0.2, 0) is 21.0 Å². The third-order valence-electron chi connectivity index (χ3n) is 7.80. The summed E-state index contributed by atoms with van der Waals surface area (Å²) in [5.74, 6) is -0.813. The summed E-state index contributed by atoms with van der Waals surface area (Å²) < 4.78 is 13.4. The molecule has 0 spiro atoms. The van der Waals surface area contributed by atoms with Crippen LogP contribution in [0, 0.1) is 3.57 Å². The maximum Gasteiger partial charge on any atom is 0.285 e. The standard InChI is InChI=1S/C41H35BrIN3O5S/c1-4-6-17-32(5-2)46-40(49)33(22-30-23-35(50-3)36(24-34(30)42)51-25-27-18-20-31(43)21-19-27)39(48)45-41(46)52-26-37(47)44-38(28-13-9-7-10-14-28)29-15-11-8-12-16-29/h4-24,38H,1,25-26H2,2-3H3,(H,44,47)/b17-6-,32-5+,33-22+. The lowest BCUT2D eigenvalue weighted by molar-refractivity contribution is -0.126. The van der Waals surface area contributed by atoms with Gasteiger partial charge in [-0.25, -0.2) is 0 Å². The highest BCUT2D eigenvalue weighted by atomic mass is 127. The first kappa shape index (κ1) is 38.5. The van der Waals surface area contributed by atoms with Crippen LogP contribution in [0.3, 0.4) is 0 Å². The average molecular weight is 889 g/mol. The molecule has 0 saturated heterocycles. The van der Waals surface area contributed by atoms with Crippen LogP contribution in [0.25, 0.3) is 6.08 Å². The Kier molecular flexibility index (Phi) is 13.8. The molecular formula is C41H35BrIN3O5S. The maximum atomic E-state index is 14.2.